The maximum atomic E-state index is 5.70. The Bertz CT molecular complexity index is 328. The fraction of sp³-hybridized carbons (Fsp3) is 0.750. The third-order valence-corrected chi connectivity index (χ3v) is 2.94. The molecule has 4 heteroatoms. The van der Waals surface area contributed by atoms with Crippen LogP contribution in [0.15, 0.2) is 10.6 Å². The highest BCUT2D eigenvalue weighted by Crippen LogP contribution is 2.19. The van der Waals surface area contributed by atoms with Crippen LogP contribution in [-0.4, -0.2) is 23.4 Å². The van der Waals surface area contributed by atoms with Crippen LogP contribution >= 0.6 is 0 Å². The van der Waals surface area contributed by atoms with Crippen LogP contribution in [0.2, 0.25) is 0 Å². The van der Waals surface area contributed by atoms with Gasteiger partial charge in [-0.1, -0.05) is 5.16 Å². The molecule has 0 aromatic carbocycles. The number of ether oxygens (including phenoxy) is 1. The lowest BCUT2D eigenvalue weighted by atomic mass is 10.00. The largest absolute Gasteiger partial charge is 0.375 e. The molecule has 0 aliphatic carbocycles. The maximum Gasteiger partial charge on any atom is 0.150 e. The van der Waals surface area contributed by atoms with E-state index in [9.17, 15) is 0 Å². The highest BCUT2D eigenvalue weighted by molar-refractivity contribution is 5.02. The van der Waals surface area contributed by atoms with Crippen molar-refractivity contribution in [3.63, 3.8) is 0 Å². The number of hydrogen-bond acceptors (Lipinski definition) is 4. The monoisotopic (exact) mass is 224 g/mol. The van der Waals surface area contributed by atoms with Crippen LogP contribution in [0.25, 0.3) is 0 Å². The molecular weight excluding hydrogens is 204 g/mol. The molecule has 0 saturated carbocycles. The summed E-state index contributed by atoms with van der Waals surface area (Å²) in [6.07, 6.45) is 2.82. The van der Waals surface area contributed by atoms with E-state index in [0.717, 1.165) is 30.8 Å². The summed E-state index contributed by atoms with van der Waals surface area (Å²) in [4.78, 5) is 0. The van der Waals surface area contributed by atoms with E-state index in [4.69, 9.17) is 9.26 Å². The van der Waals surface area contributed by atoms with Crippen LogP contribution in [-0.2, 0) is 11.3 Å². The first-order valence-electron chi connectivity index (χ1n) is 5.94. The van der Waals surface area contributed by atoms with Crippen molar-refractivity contribution in [3.8, 4) is 0 Å². The minimum absolute atomic E-state index is 0.345. The molecule has 1 N–H and O–H groups in total. The first-order valence-corrected chi connectivity index (χ1v) is 5.94. The number of aromatic nitrogens is 1. The van der Waals surface area contributed by atoms with Crippen molar-refractivity contribution in [2.45, 2.75) is 58.4 Å². The van der Waals surface area contributed by atoms with Gasteiger partial charge in [0, 0.05) is 12.1 Å². The molecule has 16 heavy (non-hydrogen) atoms. The van der Waals surface area contributed by atoms with Crippen LogP contribution in [0.3, 0.4) is 0 Å². The van der Waals surface area contributed by atoms with E-state index < -0.39 is 0 Å². The van der Waals surface area contributed by atoms with Gasteiger partial charge in [0.25, 0.3) is 0 Å². The molecule has 0 spiro atoms. The second-order valence-corrected chi connectivity index (χ2v) is 4.74. The topological polar surface area (TPSA) is 47.3 Å². The molecule has 1 saturated heterocycles. The second-order valence-electron chi connectivity index (χ2n) is 4.74. The average molecular weight is 224 g/mol. The van der Waals surface area contributed by atoms with Gasteiger partial charge >= 0.3 is 0 Å². The van der Waals surface area contributed by atoms with Gasteiger partial charge < -0.3 is 14.6 Å². The normalized spacial score (nSPS) is 30.6. The molecule has 90 valence electrons. The van der Waals surface area contributed by atoms with Crippen LogP contribution in [0, 0.1) is 6.92 Å². The van der Waals surface area contributed by atoms with Crippen molar-refractivity contribution in [3.05, 3.63) is 17.5 Å². The molecule has 1 aromatic heterocycles. The summed E-state index contributed by atoms with van der Waals surface area (Å²) >= 11 is 0. The minimum atomic E-state index is 0.345. The van der Waals surface area contributed by atoms with Crippen LogP contribution in [0.4, 0.5) is 0 Å². The SMILES string of the molecule is Cc1cc(CNC2CC(C)OC(C)C2)on1. The van der Waals surface area contributed by atoms with Crippen LogP contribution < -0.4 is 5.32 Å². The van der Waals surface area contributed by atoms with E-state index in [0.29, 0.717) is 18.2 Å². The molecule has 0 amide bonds. The molecule has 4 nitrogen and oxygen atoms in total. The Kier molecular flexibility index (Phi) is 3.61. The average Bonchev–Trinajstić information content (AvgIpc) is 2.60. The molecule has 2 unspecified atom stereocenters. The predicted molar refractivity (Wildman–Crippen MR) is 61.1 cm³/mol. The molecule has 0 radical (unpaired) electrons. The molecule has 2 heterocycles. The van der Waals surface area contributed by atoms with Gasteiger partial charge in [-0.05, 0) is 33.6 Å². The van der Waals surface area contributed by atoms with Gasteiger partial charge in [-0.15, -0.1) is 0 Å². The zero-order chi connectivity index (χ0) is 11.5. The van der Waals surface area contributed by atoms with Crippen molar-refractivity contribution in [2.24, 2.45) is 0 Å². The number of aryl methyl sites for hydroxylation is 1. The van der Waals surface area contributed by atoms with Gasteiger partial charge in [0.15, 0.2) is 5.76 Å². The quantitative estimate of drug-likeness (QED) is 0.853. The van der Waals surface area contributed by atoms with E-state index in [1.165, 1.54) is 0 Å². The van der Waals surface area contributed by atoms with E-state index in [1.807, 2.05) is 13.0 Å². The number of nitrogens with zero attached hydrogens (tertiary/aromatic N) is 1. The van der Waals surface area contributed by atoms with Crippen LogP contribution in [0.1, 0.15) is 38.1 Å². The third-order valence-electron chi connectivity index (χ3n) is 2.94. The summed E-state index contributed by atoms with van der Waals surface area (Å²) in [6, 6.07) is 2.49. The molecule has 1 aliphatic rings. The van der Waals surface area contributed by atoms with Crippen molar-refractivity contribution in [1.29, 1.82) is 0 Å². The van der Waals surface area contributed by atoms with Gasteiger partial charge in [-0.25, -0.2) is 0 Å². The summed E-state index contributed by atoms with van der Waals surface area (Å²) in [5.74, 6) is 0.907. The first kappa shape index (κ1) is 11.6. The Morgan fingerprint density at radius 1 is 1.38 bits per heavy atom. The van der Waals surface area contributed by atoms with E-state index >= 15 is 0 Å². The van der Waals surface area contributed by atoms with Gasteiger partial charge in [-0.2, -0.15) is 0 Å². The molecule has 1 aliphatic heterocycles. The summed E-state index contributed by atoms with van der Waals surface area (Å²) in [6.45, 7) is 6.95. The van der Waals surface area contributed by atoms with Crippen molar-refractivity contribution >= 4 is 0 Å². The highest BCUT2D eigenvalue weighted by atomic mass is 16.5. The van der Waals surface area contributed by atoms with Gasteiger partial charge in [0.1, 0.15) is 0 Å². The van der Waals surface area contributed by atoms with E-state index in [-0.39, 0.29) is 0 Å². The van der Waals surface area contributed by atoms with Gasteiger partial charge in [0.05, 0.1) is 24.4 Å². The Morgan fingerprint density at radius 2 is 2.06 bits per heavy atom. The van der Waals surface area contributed by atoms with Gasteiger partial charge in [-0.3, -0.25) is 0 Å². The van der Waals surface area contributed by atoms with Crippen molar-refractivity contribution < 1.29 is 9.26 Å². The lowest BCUT2D eigenvalue weighted by Crippen LogP contribution is -2.40. The summed E-state index contributed by atoms with van der Waals surface area (Å²) < 4.78 is 10.9. The maximum absolute atomic E-state index is 5.70. The molecule has 2 atom stereocenters. The molecule has 1 aromatic rings. The van der Waals surface area contributed by atoms with Crippen molar-refractivity contribution in [1.82, 2.24) is 10.5 Å². The lowest BCUT2D eigenvalue weighted by molar-refractivity contribution is -0.0425. The predicted octanol–water partition coefficient (Wildman–Crippen LogP) is 2.03. The molecular formula is C12H20N2O2. The Hall–Kier alpha value is -0.870. The Labute approximate surface area is 96.3 Å². The Balaban J connectivity index is 1.81. The third kappa shape index (κ3) is 3.06. The lowest BCUT2D eigenvalue weighted by Gasteiger charge is -2.32. The van der Waals surface area contributed by atoms with Gasteiger partial charge in [0.2, 0.25) is 0 Å². The molecule has 2 rings (SSSR count). The van der Waals surface area contributed by atoms with Crippen LogP contribution in [0.5, 0.6) is 0 Å². The second kappa shape index (κ2) is 4.97. The summed E-state index contributed by atoms with van der Waals surface area (Å²) in [7, 11) is 0. The van der Waals surface area contributed by atoms with E-state index in [2.05, 4.69) is 24.3 Å². The summed E-state index contributed by atoms with van der Waals surface area (Å²) in [5, 5.41) is 7.37. The zero-order valence-electron chi connectivity index (χ0n) is 10.2. The standard InChI is InChI=1S/C12H20N2O2/c1-8-4-12(16-14-8)7-13-11-5-9(2)15-10(3)6-11/h4,9-11,13H,5-7H2,1-3H3. The smallest absolute Gasteiger partial charge is 0.150 e. The Morgan fingerprint density at radius 3 is 2.62 bits per heavy atom. The minimum Gasteiger partial charge on any atom is -0.375 e. The fourth-order valence-corrected chi connectivity index (χ4v) is 2.32. The highest BCUT2D eigenvalue weighted by Gasteiger charge is 2.24. The number of rotatable bonds is 3. The molecule has 0 bridgehead atoms. The molecule has 1 fully saturated rings. The number of hydrogen-bond donors (Lipinski definition) is 1. The van der Waals surface area contributed by atoms with E-state index in [1.54, 1.807) is 0 Å². The number of nitrogens with one attached hydrogen (secondary N) is 1. The first-order chi connectivity index (χ1) is 7.63. The fourth-order valence-electron chi connectivity index (χ4n) is 2.32. The van der Waals surface area contributed by atoms with Crippen molar-refractivity contribution in [2.75, 3.05) is 0 Å². The zero-order valence-corrected chi connectivity index (χ0v) is 10.2. The summed E-state index contributed by atoms with van der Waals surface area (Å²) in [5.41, 5.74) is 0.936.